The predicted octanol–water partition coefficient (Wildman–Crippen LogP) is 4.77. The summed E-state index contributed by atoms with van der Waals surface area (Å²) in [7, 11) is 1.55. The Bertz CT molecular complexity index is 1110. The summed E-state index contributed by atoms with van der Waals surface area (Å²) in [4.78, 5) is 25.3. The number of benzene rings is 3. The third-order valence-corrected chi connectivity index (χ3v) is 5.53. The molecule has 0 heterocycles. The fourth-order valence-electron chi connectivity index (χ4n) is 4.01. The molecule has 4 rings (SSSR count). The SMILES string of the molecule is COc1ccccc1OCC(=O)Nc1cccc(NC(=O)C2CCCc3ccccc32)c1. The molecule has 1 unspecified atom stereocenters. The summed E-state index contributed by atoms with van der Waals surface area (Å²) in [5.41, 5.74) is 3.58. The van der Waals surface area contributed by atoms with Crippen molar-refractivity contribution in [2.75, 3.05) is 24.4 Å². The Morgan fingerprint density at radius 1 is 0.906 bits per heavy atom. The normalized spacial score (nSPS) is 14.7. The maximum Gasteiger partial charge on any atom is 0.262 e. The molecule has 3 aromatic rings. The fraction of sp³-hybridized carbons (Fsp3) is 0.231. The van der Waals surface area contributed by atoms with Gasteiger partial charge >= 0.3 is 0 Å². The highest BCUT2D eigenvalue weighted by Gasteiger charge is 2.26. The van der Waals surface area contributed by atoms with E-state index in [1.54, 1.807) is 37.4 Å². The number of carbonyl (C=O) groups is 2. The van der Waals surface area contributed by atoms with Gasteiger partial charge in [-0.05, 0) is 60.7 Å². The van der Waals surface area contributed by atoms with Gasteiger partial charge in [-0.25, -0.2) is 0 Å². The van der Waals surface area contributed by atoms with E-state index in [-0.39, 0.29) is 24.3 Å². The van der Waals surface area contributed by atoms with Crippen LogP contribution >= 0.6 is 0 Å². The maximum absolute atomic E-state index is 13.0. The highest BCUT2D eigenvalue weighted by Crippen LogP contribution is 2.32. The molecule has 1 aliphatic carbocycles. The molecule has 1 aliphatic rings. The molecule has 6 heteroatoms. The maximum atomic E-state index is 13.0. The number of hydrogen-bond donors (Lipinski definition) is 2. The van der Waals surface area contributed by atoms with Crippen LogP contribution in [0.4, 0.5) is 11.4 Å². The molecule has 2 amide bonds. The molecular formula is C26H26N2O4. The standard InChI is InChI=1S/C26H26N2O4/c1-31-23-14-4-5-15-24(23)32-17-25(29)27-19-10-7-11-20(16-19)28-26(30)22-13-6-9-18-8-2-3-12-21(18)22/h2-5,7-8,10-12,14-16,22H,6,9,13,17H2,1H3,(H,27,29)(H,28,30). The van der Waals surface area contributed by atoms with E-state index in [1.807, 2.05) is 36.4 Å². The Kier molecular flexibility index (Phi) is 6.70. The summed E-state index contributed by atoms with van der Waals surface area (Å²) in [6.45, 7) is -0.157. The lowest BCUT2D eigenvalue weighted by Gasteiger charge is -2.24. The van der Waals surface area contributed by atoms with E-state index in [0.29, 0.717) is 22.9 Å². The minimum atomic E-state index is -0.305. The quantitative estimate of drug-likeness (QED) is 0.566. The Labute approximate surface area is 187 Å². The van der Waals surface area contributed by atoms with Crippen LogP contribution in [0.15, 0.2) is 72.8 Å². The first-order chi connectivity index (χ1) is 15.6. The predicted molar refractivity (Wildman–Crippen MR) is 124 cm³/mol. The van der Waals surface area contributed by atoms with E-state index in [2.05, 4.69) is 16.7 Å². The summed E-state index contributed by atoms with van der Waals surface area (Å²) >= 11 is 0. The van der Waals surface area contributed by atoms with Crippen LogP contribution in [-0.4, -0.2) is 25.5 Å². The van der Waals surface area contributed by atoms with Crippen LogP contribution in [0.2, 0.25) is 0 Å². The number of amides is 2. The minimum Gasteiger partial charge on any atom is -0.493 e. The Hall–Kier alpha value is -3.80. The number of anilines is 2. The molecule has 6 nitrogen and oxygen atoms in total. The smallest absolute Gasteiger partial charge is 0.262 e. The molecule has 0 radical (unpaired) electrons. The average molecular weight is 431 g/mol. The van der Waals surface area contributed by atoms with E-state index in [4.69, 9.17) is 9.47 Å². The molecule has 32 heavy (non-hydrogen) atoms. The number of nitrogens with one attached hydrogen (secondary N) is 2. The third kappa shape index (κ3) is 5.09. The number of aryl methyl sites for hydroxylation is 1. The van der Waals surface area contributed by atoms with Gasteiger partial charge in [0.05, 0.1) is 13.0 Å². The zero-order valence-corrected chi connectivity index (χ0v) is 18.0. The second-order valence-corrected chi connectivity index (χ2v) is 7.70. The largest absolute Gasteiger partial charge is 0.493 e. The lowest BCUT2D eigenvalue weighted by Crippen LogP contribution is -2.25. The van der Waals surface area contributed by atoms with Crippen molar-refractivity contribution in [1.29, 1.82) is 0 Å². The molecule has 0 aliphatic heterocycles. The molecule has 0 bridgehead atoms. The van der Waals surface area contributed by atoms with E-state index in [0.717, 1.165) is 24.8 Å². The first-order valence-electron chi connectivity index (χ1n) is 10.7. The molecule has 2 N–H and O–H groups in total. The average Bonchev–Trinajstić information content (AvgIpc) is 2.82. The first-order valence-corrected chi connectivity index (χ1v) is 10.7. The summed E-state index contributed by atoms with van der Waals surface area (Å²) in [5, 5.41) is 5.80. The van der Waals surface area contributed by atoms with Crippen LogP contribution in [-0.2, 0) is 16.0 Å². The van der Waals surface area contributed by atoms with E-state index in [1.165, 1.54) is 5.56 Å². The van der Waals surface area contributed by atoms with Gasteiger partial charge in [0.1, 0.15) is 0 Å². The molecule has 0 saturated heterocycles. The summed E-state index contributed by atoms with van der Waals surface area (Å²) in [5.74, 6) is 0.571. The molecule has 3 aromatic carbocycles. The van der Waals surface area contributed by atoms with E-state index >= 15 is 0 Å². The van der Waals surface area contributed by atoms with Crippen molar-refractivity contribution in [3.05, 3.63) is 83.9 Å². The lowest BCUT2D eigenvalue weighted by atomic mass is 9.82. The van der Waals surface area contributed by atoms with E-state index < -0.39 is 0 Å². The number of rotatable bonds is 7. The van der Waals surface area contributed by atoms with E-state index in [9.17, 15) is 9.59 Å². The van der Waals surface area contributed by atoms with Crippen LogP contribution in [0, 0.1) is 0 Å². The minimum absolute atomic E-state index is 0.0277. The van der Waals surface area contributed by atoms with Gasteiger partial charge in [-0.2, -0.15) is 0 Å². The van der Waals surface area contributed by atoms with Gasteiger partial charge in [0.2, 0.25) is 5.91 Å². The van der Waals surface area contributed by atoms with Gasteiger partial charge in [-0.1, -0.05) is 42.5 Å². The number of carbonyl (C=O) groups excluding carboxylic acids is 2. The Balaban J connectivity index is 1.36. The number of ether oxygens (including phenoxy) is 2. The van der Waals surface area contributed by atoms with Crippen LogP contribution in [0.25, 0.3) is 0 Å². The second kappa shape index (κ2) is 10.0. The zero-order valence-electron chi connectivity index (χ0n) is 18.0. The number of fused-ring (bicyclic) bond motifs is 1. The van der Waals surface area contributed by atoms with Gasteiger partial charge in [0, 0.05) is 11.4 Å². The highest BCUT2D eigenvalue weighted by molar-refractivity contribution is 5.97. The van der Waals surface area contributed by atoms with Crippen LogP contribution in [0.3, 0.4) is 0 Å². The number of methoxy groups -OCH3 is 1. The topological polar surface area (TPSA) is 76.7 Å². The van der Waals surface area contributed by atoms with Gasteiger partial charge in [-0.15, -0.1) is 0 Å². The van der Waals surface area contributed by atoms with Crippen molar-refractivity contribution in [1.82, 2.24) is 0 Å². The van der Waals surface area contributed by atoms with Crippen molar-refractivity contribution in [2.45, 2.75) is 25.2 Å². The molecule has 0 fully saturated rings. The molecule has 0 aromatic heterocycles. The van der Waals surface area contributed by atoms with Crippen LogP contribution < -0.4 is 20.1 Å². The second-order valence-electron chi connectivity index (χ2n) is 7.70. The fourth-order valence-corrected chi connectivity index (χ4v) is 4.01. The third-order valence-electron chi connectivity index (χ3n) is 5.53. The molecular weight excluding hydrogens is 404 g/mol. The summed E-state index contributed by atoms with van der Waals surface area (Å²) in [6.07, 6.45) is 2.84. The number of para-hydroxylation sites is 2. The van der Waals surface area contributed by atoms with Crippen molar-refractivity contribution < 1.29 is 19.1 Å². The Morgan fingerprint density at radius 3 is 2.44 bits per heavy atom. The molecule has 164 valence electrons. The van der Waals surface area contributed by atoms with Crippen molar-refractivity contribution in [2.24, 2.45) is 0 Å². The molecule has 1 atom stereocenters. The van der Waals surface area contributed by atoms with Crippen LogP contribution in [0.1, 0.15) is 29.9 Å². The lowest BCUT2D eigenvalue weighted by molar-refractivity contribution is -0.118. The van der Waals surface area contributed by atoms with Crippen molar-refractivity contribution in [3.8, 4) is 11.5 Å². The van der Waals surface area contributed by atoms with Crippen LogP contribution in [0.5, 0.6) is 11.5 Å². The van der Waals surface area contributed by atoms with Gasteiger partial charge in [0.25, 0.3) is 5.91 Å². The Morgan fingerprint density at radius 2 is 1.62 bits per heavy atom. The monoisotopic (exact) mass is 430 g/mol. The van der Waals surface area contributed by atoms with Crippen molar-refractivity contribution in [3.63, 3.8) is 0 Å². The highest BCUT2D eigenvalue weighted by atomic mass is 16.5. The van der Waals surface area contributed by atoms with Gasteiger partial charge in [0.15, 0.2) is 18.1 Å². The summed E-state index contributed by atoms with van der Waals surface area (Å²) < 4.78 is 10.8. The number of hydrogen-bond acceptors (Lipinski definition) is 4. The first kappa shape index (κ1) is 21.4. The van der Waals surface area contributed by atoms with Gasteiger partial charge in [-0.3, -0.25) is 9.59 Å². The van der Waals surface area contributed by atoms with Crippen molar-refractivity contribution >= 4 is 23.2 Å². The zero-order chi connectivity index (χ0) is 22.3. The molecule has 0 saturated carbocycles. The van der Waals surface area contributed by atoms with Gasteiger partial charge < -0.3 is 20.1 Å². The molecule has 0 spiro atoms. The summed E-state index contributed by atoms with van der Waals surface area (Å²) in [6, 6.07) is 22.4.